The summed E-state index contributed by atoms with van der Waals surface area (Å²) in [5.41, 5.74) is 0.423. The maximum absolute atomic E-state index is 13.0. The number of hydrogen-bond donors (Lipinski definition) is 0. The van der Waals surface area contributed by atoms with E-state index in [9.17, 15) is 9.59 Å². The molecule has 2 amide bonds. The Bertz CT molecular complexity index is 680. The number of amides is 2. The van der Waals surface area contributed by atoms with Gasteiger partial charge in [-0.3, -0.25) is 9.59 Å². The molecule has 2 aliphatic carbocycles. The normalized spacial score (nSPS) is 23.2. The van der Waals surface area contributed by atoms with Gasteiger partial charge in [0.25, 0.3) is 5.91 Å². The highest BCUT2D eigenvalue weighted by molar-refractivity contribution is 6.31. The molecule has 4 rings (SSSR count). The second-order valence-electron chi connectivity index (χ2n) is 7.90. The molecule has 2 saturated carbocycles. The van der Waals surface area contributed by atoms with Crippen molar-refractivity contribution in [1.29, 1.82) is 0 Å². The van der Waals surface area contributed by atoms with Gasteiger partial charge in [0.1, 0.15) is 6.54 Å². The number of carbonyl (C=O) groups excluding carboxylic acids is 2. The van der Waals surface area contributed by atoms with Crippen molar-refractivity contribution in [3.8, 4) is 0 Å². The van der Waals surface area contributed by atoms with Crippen molar-refractivity contribution >= 4 is 23.4 Å². The van der Waals surface area contributed by atoms with E-state index < -0.39 is 0 Å². The summed E-state index contributed by atoms with van der Waals surface area (Å²) in [7, 11) is 0. The third kappa shape index (κ3) is 3.41. The second kappa shape index (κ2) is 6.64. The molecule has 0 atom stereocenters. The van der Waals surface area contributed by atoms with Crippen LogP contribution in [0, 0.1) is 5.92 Å². The van der Waals surface area contributed by atoms with Gasteiger partial charge in [-0.05, 0) is 49.8 Å². The monoisotopic (exact) mass is 360 g/mol. The molecule has 0 aromatic heterocycles. The van der Waals surface area contributed by atoms with E-state index in [0.29, 0.717) is 23.0 Å². The molecule has 1 saturated heterocycles. The van der Waals surface area contributed by atoms with Gasteiger partial charge >= 0.3 is 0 Å². The topological polar surface area (TPSA) is 40.6 Å². The van der Waals surface area contributed by atoms with Crippen LogP contribution in [0.2, 0.25) is 5.02 Å². The van der Waals surface area contributed by atoms with E-state index in [-0.39, 0.29) is 23.9 Å². The number of piperazine rings is 1. The van der Waals surface area contributed by atoms with E-state index in [1.807, 2.05) is 0 Å². The van der Waals surface area contributed by atoms with E-state index in [4.69, 9.17) is 11.6 Å². The van der Waals surface area contributed by atoms with Crippen molar-refractivity contribution in [1.82, 2.24) is 9.80 Å². The van der Waals surface area contributed by atoms with Crippen molar-refractivity contribution in [3.63, 3.8) is 0 Å². The number of hydrogen-bond acceptors (Lipinski definition) is 2. The third-order valence-corrected chi connectivity index (χ3v) is 6.20. The van der Waals surface area contributed by atoms with Crippen molar-refractivity contribution in [2.45, 2.75) is 50.5 Å². The van der Waals surface area contributed by atoms with Gasteiger partial charge < -0.3 is 9.80 Å². The molecule has 1 spiro atoms. The fourth-order valence-corrected chi connectivity index (χ4v) is 4.64. The van der Waals surface area contributed by atoms with Crippen LogP contribution in [-0.4, -0.2) is 46.8 Å². The Balaban J connectivity index is 1.59. The Hall–Kier alpha value is -1.55. The maximum Gasteiger partial charge on any atom is 0.254 e. The van der Waals surface area contributed by atoms with Crippen LogP contribution in [0.15, 0.2) is 24.3 Å². The lowest BCUT2D eigenvalue weighted by Crippen LogP contribution is -2.66. The summed E-state index contributed by atoms with van der Waals surface area (Å²) in [6.07, 6.45) is 8.04. The van der Waals surface area contributed by atoms with Crippen LogP contribution in [-0.2, 0) is 4.79 Å². The summed E-state index contributed by atoms with van der Waals surface area (Å²) < 4.78 is 0. The summed E-state index contributed by atoms with van der Waals surface area (Å²) in [4.78, 5) is 29.8. The SMILES string of the molecule is O=C(c1cccc(Cl)c1)N1CC(=O)N(CC2CC2)C2(CCCCC2)C1. The molecule has 1 aliphatic heterocycles. The van der Waals surface area contributed by atoms with Gasteiger partial charge in [0.05, 0.1) is 5.54 Å². The van der Waals surface area contributed by atoms with Gasteiger partial charge in [-0.1, -0.05) is 36.9 Å². The Labute approximate surface area is 154 Å². The summed E-state index contributed by atoms with van der Waals surface area (Å²) in [6, 6.07) is 7.03. The predicted molar refractivity (Wildman–Crippen MR) is 97.6 cm³/mol. The van der Waals surface area contributed by atoms with Gasteiger partial charge in [0.2, 0.25) is 5.91 Å². The Kier molecular flexibility index (Phi) is 4.48. The zero-order chi connectivity index (χ0) is 17.4. The molecule has 1 heterocycles. The molecular formula is C20H25ClN2O2. The largest absolute Gasteiger partial charge is 0.333 e. The van der Waals surface area contributed by atoms with Crippen LogP contribution in [0.25, 0.3) is 0 Å². The van der Waals surface area contributed by atoms with Gasteiger partial charge in [-0.2, -0.15) is 0 Å². The molecule has 0 unspecified atom stereocenters. The molecule has 5 heteroatoms. The number of nitrogens with zero attached hydrogens (tertiary/aromatic N) is 2. The molecule has 3 fully saturated rings. The molecular weight excluding hydrogens is 336 g/mol. The van der Waals surface area contributed by atoms with E-state index >= 15 is 0 Å². The van der Waals surface area contributed by atoms with Crippen molar-refractivity contribution in [3.05, 3.63) is 34.9 Å². The lowest BCUT2D eigenvalue weighted by molar-refractivity contribution is -0.147. The fraction of sp³-hybridized carbons (Fsp3) is 0.600. The van der Waals surface area contributed by atoms with Gasteiger partial charge in [0.15, 0.2) is 0 Å². The maximum atomic E-state index is 13.0. The van der Waals surface area contributed by atoms with Crippen LogP contribution < -0.4 is 0 Å². The summed E-state index contributed by atoms with van der Waals surface area (Å²) in [5.74, 6) is 0.722. The Morgan fingerprint density at radius 3 is 2.64 bits per heavy atom. The van der Waals surface area contributed by atoms with Crippen molar-refractivity contribution < 1.29 is 9.59 Å². The fourth-order valence-electron chi connectivity index (χ4n) is 4.45. The molecule has 134 valence electrons. The van der Waals surface area contributed by atoms with Crippen molar-refractivity contribution in [2.75, 3.05) is 19.6 Å². The van der Waals surface area contributed by atoms with Crippen molar-refractivity contribution in [2.24, 2.45) is 5.92 Å². The van der Waals surface area contributed by atoms with Gasteiger partial charge in [-0.15, -0.1) is 0 Å². The van der Waals surface area contributed by atoms with Crippen LogP contribution in [0.5, 0.6) is 0 Å². The van der Waals surface area contributed by atoms with E-state index in [1.165, 1.54) is 19.3 Å². The molecule has 1 aromatic rings. The van der Waals surface area contributed by atoms with Crippen LogP contribution >= 0.6 is 11.6 Å². The average molecular weight is 361 g/mol. The number of carbonyl (C=O) groups is 2. The van der Waals surface area contributed by atoms with Crippen LogP contribution in [0.4, 0.5) is 0 Å². The first-order valence-electron chi connectivity index (χ1n) is 9.43. The number of halogens is 1. The summed E-state index contributed by atoms with van der Waals surface area (Å²) in [6.45, 7) is 1.74. The highest BCUT2D eigenvalue weighted by atomic mass is 35.5. The van der Waals surface area contributed by atoms with E-state index in [0.717, 1.165) is 32.2 Å². The lowest BCUT2D eigenvalue weighted by atomic mass is 9.78. The first kappa shape index (κ1) is 16.9. The molecule has 3 aliphatic rings. The number of benzene rings is 1. The first-order chi connectivity index (χ1) is 12.1. The zero-order valence-corrected chi connectivity index (χ0v) is 15.3. The van der Waals surface area contributed by atoms with Gasteiger partial charge in [-0.25, -0.2) is 0 Å². The highest BCUT2D eigenvalue weighted by Gasteiger charge is 2.48. The van der Waals surface area contributed by atoms with E-state index in [1.54, 1.807) is 29.2 Å². The lowest BCUT2D eigenvalue weighted by Gasteiger charge is -2.52. The van der Waals surface area contributed by atoms with E-state index in [2.05, 4.69) is 4.90 Å². The molecule has 1 aromatic carbocycles. The highest BCUT2D eigenvalue weighted by Crippen LogP contribution is 2.40. The quantitative estimate of drug-likeness (QED) is 0.823. The standard InChI is InChI=1S/C20H25ClN2O2/c21-17-6-4-5-16(11-17)19(25)22-13-18(24)23(12-15-7-8-15)20(14-22)9-2-1-3-10-20/h4-6,11,15H,1-3,7-10,12-14H2. The smallest absolute Gasteiger partial charge is 0.254 e. The molecule has 0 radical (unpaired) electrons. The first-order valence-corrected chi connectivity index (χ1v) is 9.81. The molecule has 25 heavy (non-hydrogen) atoms. The Morgan fingerprint density at radius 1 is 1.20 bits per heavy atom. The van der Waals surface area contributed by atoms with Gasteiger partial charge in [0, 0.05) is 23.7 Å². The minimum absolute atomic E-state index is 0.0770. The van der Waals surface area contributed by atoms with Crippen LogP contribution in [0.3, 0.4) is 0 Å². The predicted octanol–water partition coefficient (Wildman–Crippen LogP) is 3.74. The number of rotatable bonds is 3. The second-order valence-corrected chi connectivity index (χ2v) is 8.34. The third-order valence-electron chi connectivity index (χ3n) is 5.97. The molecule has 0 bridgehead atoms. The Morgan fingerprint density at radius 2 is 1.96 bits per heavy atom. The minimum Gasteiger partial charge on any atom is -0.333 e. The minimum atomic E-state index is -0.148. The average Bonchev–Trinajstić information content (AvgIpc) is 3.42. The molecule has 0 N–H and O–H groups in total. The summed E-state index contributed by atoms with van der Waals surface area (Å²) in [5, 5.41) is 0.553. The molecule has 4 nitrogen and oxygen atoms in total. The zero-order valence-electron chi connectivity index (χ0n) is 14.5. The summed E-state index contributed by atoms with van der Waals surface area (Å²) >= 11 is 6.04. The van der Waals surface area contributed by atoms with Crippen LogP contribution in [0.1, 0.15) is 55.3 Å².